The van der Waals surface area contributed by atoms with E-state index in [9.17, 15) is 9.59 Å². The molecule has 0 aromatic carbocycles. The van der Waals surface area contributed by atoms with Gasteiger partial charge in [-0.25, -0.2) is 4.79 Å². The second-order valence-corrected chi connectivity index (χ2v) is 3.45. The average Bonchev–Trinajstić information content (AvgIpc) is 1.81. The van der Waals surface area contributed by atoms with Crippen molar-refractivity contribution in [3.8, 4) is 0 Å². The molecule has 6 nitrogen and oxygen atoms in total. The van der Waals surface area contributed by atoms with Gasteiger partial charge in [0.1, 0.15) is 5.60 Å². The molecule has 0 aromatic rings. The highest BCUT2D eigenvalue weighted by Crippen LogP contribution is 2.06. The smallest absolute Gasteiger partial charge is 0.410 e. The third-order valence-electron chi connectivity index (χ3n) is 0.923. The first kappa shape index (κ1) is 11.7. The molecule has 1 atom stereocenters. The third-order valence-corrected chi connectivity index (χ3v) is 0.923. The first-order valence-corrected chi connectivity index (χ1v) is 3.69. The molecule has 0 aromatic heterocycles. The molecule has 4 N–H and O–H groups in total. The van der Waals surface area contributed by atoms with Crippen LogP contribution in [0, 0.1) is 0 Å². The zero-order chi connectivity index (χ0) is 10.6. The minimum Gasteiger partial charge on any atom is -0.444 e. The Kier molecular flexibility index (Phi) is 3.68. The Hall–Kier alpha value is -1.30. The molecule has 0 heterocycles. The Bertz CT molecular complexity index is 209. The molecule has 76 valence electrons. The summed E-state index contributed by atoms with van der Waals surface area (Å²) >= 11 is 0. The normalized spacial score (nSPS) is 13.2. The van der Waals surface area contributed by atoms with Gasteiger partial charge in [0, 0.05) is 0 Å². The molecular weight excluding hydrogens is 176 g/mol. The second-order valence-electron chi connectivity index (χ2n) is 3.45. The summed E-state index contributed by atoms with van der Waals surface area (Å²) in [6.07, 6.45) is -2.60. The Balaban J connectivity index is 3.96. The molecule has 0 saturated heterocycles. The number of alkyl carbamates (subject to hydrolysis) is 1. The van der Waals surface area contributed by atoms with Gasteiger partial charge in [-0.15, -0.1) is 0 Å². The molecule has 0 bridgehead atoms. The zero-order valence-electron chi connectivity index (χ0n) is 7.83. The van der Waals surface area contributed by atoms with E-state index in [2.05, 4.69) is 5.73 Å². The maximum atomic E-state index is 10.9. The number of aliphatic hydroxyl groups is 1. The highest BCUT2D eigenvalue weighted by molar-refractivity contribution is 5.82. The van der Waals surface area contributed by atoms with Crippen molar-refractivity contribution in [1.29, 1.82) is 0 Å². The molecule has 0 aliphatic carbocycles. The van der Waals surface area contributed by atoms with Crippen LogP contribution in [-0.2, 0) is 9.53 Å². The minimum atomic E-state index is -1.71. The lowest BCUT2D eigenvalue weighted by Gasteiger charge is -2.20. The van der Waals surface area contributed by atoms with Crippen LogP contribution in [-0.4, -0.2) is 28.9 Å². The molecule has 0 aliphatic rings. The fourth-order valence-corrected chi connectivity index (χ4v) is 0.490. The van der Waals surface area contributed by atoms with E-state index in [0.29, 0.717) is 0 Å². The fourth-order valence-electron chi connectivity index (χ4n) is 0.490. The SMILES string of the molecule is CC(C)(C)OC(=O)NC(O)C(N)=O. The molecule has 0 fully saturated rings. The van der Waals surface area contributed by atoms with Gasteiger partial charge in [-0.05, 0) is 20.8 Å². The van der Waals surface area contributed by atoms with Crippen molar-refractivity contribution < 1.29 is 19.4 Å². The number of hydrogen-bond donors (Lipinski definition) is 3. The number of rotatable bonds is 2. The molecule has 0 rings (SSSR count). The molecule has 0 aliphatic heterocycles. The van der Waals surface area contributed by atoms with Gasteiger partial charge in [0.2, 0.25) is 6.23 Å². The second kappa shape index (κ2) is 4.08. The largest absolute Gasteiger partial charge is 0.444 e. The van der Waals surface area contributed by atoms with Crippen molar-refractivity contribution in [1.82, 2.24) is 5.32 Å². The van der Waals surface area contributed by atoms with Crippen molar-refractivity contribution in [2.75, 3.05) is 0 Å². The van der Waals surface area contributed by atoms with Crippen molar-refractivity contribution in [3.05, 3.63) is 0 Å². The van der Waals surface area contributed by atoms with Gasteiger partial charge in [-0.1, -0.05) is 0 Å². The Morgan fingerprint density at radius 3 is 2.23 bits per heavy atom. The third kappa shape index (κ3) is 5.92. The first-order chi connectivity index (χ1) is 5.72. The van der Waals surface area contributed by atoms with E-state index in [4.69, 9.17) is 9.84 Å². The topological polar surface area (TPSA) is 102 Å². The number of aliphatic hydroxyl groups excluding tert-OH is 1. The Morgan fingerprint density at radius 1 is 1.46 bits per heavy atom. The van der Waals surface area contributed by atoms with E-state index < -0.39 is 23.8 Å². The van der Waals surface area contributed by atoms with Gasteiger partial charge in [0.15, 0.2) is 0 Å². The maximum Gasteiger partial charge on any atom is 0.410 e. The van der Waals surface area contributed by atoms with Crippen LogP contribution in [0.2, 0.25) is 0 Å². The molecule has 2 amide bonds. The standard InChI is InChI=1S/C7H14N2O4/c1-7(2,3)13-6(12)9-5(11)4(8)10/h5,11H,1-3H3,(H2,8,10)(H,9,12). The lowest BCUT2D eigenvalue weighted by Crippen LogP contribution is -2.46. The number of hydrogen-bond acceptors (Lipinski definition) is 4. The predicted octanol–water partition coefficient (Wildman–Crippen LogP) is -0.685. The molecule has 0 saturated carbocycles. The monoisotopic (exact) mass is 190 g/mol. The summed E-state index contributed by atoms with van der Waals surface area (Å²) in [5, 5.41) is 10.7. The maximum absolute atomic E-state index is 10.9. The highest BCUT2D eigenvalue weighted by Gasteiger charge is 2.20. The van der Waals surface area contributed by atoms with Crippen molar-refractivity contribution in [2.45, 2.75) is 32.6 Å². The summed E-state index contributed by atoms with van der Waals surface area (Å²) in [5.74, 6) is -1.04. The number of primary amides is 1. The van der Waals surface area contributed by atoms with Gasteiger partial charge >= 0.3 is 6.09 Å². The predicted molar refractivity (Wildman–Crippen MR) is 44.6 cm³/mol. The zero-order valence-corrected chi connectivity index (χ0v) is 7.83. The van der Waals surface area contributed by atoms with E-state index >= 15 is 0 Å². The number of nitrogens with one attached hydrogen (secondary N) is 1. The van der Waals surface area contributed by atoms with E-state index in [-0.39, 0.29) is 0 Å². The first-order valence-electron chi connectivity index (χ1n) is 3.69. The van der Waals surface area contributed by atoms with Crippen LogP contribution in [0.3, 0.4) is 0 Å². The quantitative estimate of drug-likeness (QED) is 0.502. The summed E-state index contributed by atoms with van der Waals surface area (Å²) in [7, 11) is 0. The van der Waals surface area contributed by atoms with Gasteiger partial charge in [-0.3, -0.25) is 10.1 Å². The summed E-state index contributed by atoms with van der Waals surface area (Å²) in [6.45, 7) is 4.97. The summed E-state index contributed by atoms with van der Waals surface area (Å²) < 4.78 is 4.74. The van der Waals surface area contributed by atoms with E-state index in [0.717, 1.165) is 0 Å². The van der Waals surface area contributed by atoms with Crippen molar-refractivity contribution >= 4 is 12.0 Å². The van der Waals surface area contributed by atoms with Gasteiger partial charge in [0.25, 0.3) is 5.91 Å². The van der Waals surface area contributed by atoms with Crippen LogP contribution >= 0.6 is 0 Å². The van der Waals surface area contributed by atoms with Gasteiger partial charge < -0.3 is 15.6 Å². The van der Waals surface area contributed by atoms with Gasteiger partial charge in [-0.2, -0.15) is 0 Å². The lowest BCUT2D eigenvalue weighted by atomic mass is 10.2. The fraction of sp³-hybridized carbons (Fsp3) is 0.714. The number of amides is 2. The number of carbonyl (C=O) groups excluding carboxylic acids is 2. The van der Waals surface area contributed by atoms with Crippen LogP contribution in [0.15, 0.2) is 0 Å². The molecule has 6 heteroatoms. The molecule has 0 radical (unpaired) electrons. The molecular formula is C7H14N2O4. The molecule has 13 heavy (non-hydrogen) atoms. The molecule has 0 spiro atoms. The van der Waals surface area contributed by atoms with Gasteiger partial charge in [0.05, 0.1) is 0 Å². The Labute approximate surface area is 76.0 Å². The number of nitrogens with two attached hydrogens (primary N) is 1. The van der Waals surface area contributed by atoms with Crippen LogP contribution < -0.4 is 11.1 Å². The average molecular weight is 190 g/mol. The molecule has 1 unspecified atom stereocenters. The van der Waals surface area contributed by atoms with Crippen molar-refractivity contribution in [3.63, 3.8) is 0 Å². The van der Waals surface area contributed by atoms with E-state index in [1.54, 1.807) is 20.8 Å². The summed E-state index contributed by atoms with van der Waals surface area (Å²) in [4.78, 5) is 21.2. The van der Waals surface area contributed by atoms with E-state index in [1.807, 2.05) is 5.32 Å². The van der Waals surface area contributed by atoms with Crippen molar-refractivity contribution in [2.24, 2.45) is 5.73 Å². The number of ether oxygens (including phenoxy) is 1. The van der Waals surface area contributed by atoms with Crippen LogP contribution in [0.1, 0.15) is 20.8 Å². The van der Waals surface area contributed by atoms with Crippen LogP contribution in [0.25, 0.3) is 0 Å². The summed E-state index contributed by atoms with van der Waals surface area (Å²) in [5.41, 5.74) is 4.01. The minimum absolute atomic E-state index is 0.679. The summed E-state index contributed by atoms with van der Waals surface area (Å²) in [6, 6.07) is 0. The van der Waals surface area contributed by atoms with Crippen LogP contribution in [0.5, 0.6) is 0 Å². The van der Waals surface area contributed by atoms with E-state index in [1.165, 1.54) is 0 Å². The highest BCUT2D eigenvalue weighted by atomic mass is 16.6. The Morgan fingerprint density at radius 2 is 1.92 bits per heavy atom. The number of carbonyl (C=O) groups is 2. The lowest BCUT2D eigenvalue weighted by molar-refractivity contribution is -0.127. The van der Waals surface area contributed by atoms with Crippen LogP contribution in [0.4, 0.5) is 4.79 Å².